The molecular formula is C13H15N3O3. The Bertz CT molecular complexity index is 528. The Labute approximate surface area is 110 Å². The highest BCUT2D eigenvalue weighted by Gasteiger charge is 2.22. The van der Waals surface area contributed by atoms with Crippen LogP contribution in [0.15, 0.2) is 24.3 Å². The number of carbonyl (C=O) groups excluding carboxylic acids is 3. The number of hydrogen-bond donors (Lipinski definition) is 2. The molecule has 1 aromatic rings. The van der Waals surface area contributed by atoms with E-state index < -0.39 is 11.8 Å². The molecule has 0 atom stereocenters. The smallest absolute Gasteiger partial charge is 0.313 e. The molecule has 0 aromatic heterocycles. The normalized spacial score (nSPS) is 14.4. The van der Waals surface area contributed by atoms with Gasteiger partial charge in [-0.3, -0.25) is 14.4 Å². The summed E-state index contributed by atoms with van der Waals surface area (Å²) in [5.74, 6) is -1.36. The second-order valence-electron chi connectivity index (χ2n) is 4.23. The van der Waals surface area contributed by atoms with Crippen molar-refractivity contribution in [3.8, 4) is 0 Å². The summed E-state index contributed by atoms with van der Waals surface area (Å²) in [7, 11) is 1.39. The molecule has 0 spiro atoms. The van der Waals surface area contributed by atoms with Gasteiger partial charge in [0.05, 0.1) is 0 Å². The van der Waals surface area contributed by atoms with Crippen molar-refractivity contribution >= 4 is 29.1 Å². The van der Waals surface area contributed by atoms with Crippen molar-refractivity contribution in [1.29, 1.82) is 0 Å². The number of benzene rings is 1. The Morgan fingerprint density at radius 3 is 2.68 bits per heavy atom. The molecule has 6 nitrogen and oxygen atoms in total. The van der Waals surface area contributed by atoms with Gasteiger partial charge >= 0.3 is 11.8 Å². The summed E-state index contributed by atoms with van der Waals surface area (Å²) in [5, 5.41) is 4.73. The Morgan fingerprint density at radius 2 is 2.05 bits per heavy atom. The Kier molecular flexibility index (Phi) is 3.79. The molecule has 3 amide bonds. The van der Waals surface area contributed by atoms with Gasteiger partial charge < -0.3 is 15.5 Å². The molecule has 1 fully saturated rings. The molecule has 2 N–H and O–H groups in total. The Hall–Kier alpha value is -2.37. The number of nitrogens with zero attached hydrogens (tertiary/aromatic N) is 1. The number of nitrogens with one attached hydrogen (secondary N) is 2. The first-order valence-electron chi connectivity index (χ1n) is 6.05. The maximum Gasteiger partial charge on any atom is 0.313 e. The maximum atomic E-state index is 11.6. The van der Waals surface area contributed by atoms with E-state index >= 15 is 0 Å². The molecule has 100 valence electrons. The van der Waals surface area contributed by atoms with Crippen LogP contribution in [0, 0.1) is 0 Å². The molecule has 1 saturated heterocycles. The van der Waals surface area contributed by atoms with E-state index in [0.29, 0.717) is 18.7 Å². The predicted octanol–water partition coefficient (Wildman–Crippen LogP) is 0.498. The van der Waals surface area contributed by atoms with Gasteiger partial charge in [-0.1, -0.05) is 6.07 Å². The number of rotatable bonds is 2. The summed E-state index contributed by atoms with van der Waals surface area (Å²) in [6.07, 6.45) is 1.39. The van der Waals surface area contributed by atoms with Crippen LogP contribution in [0.1, 0.15) is 12.8 Å². The monoisotopic (exact) mass is 261 g/mol. The van der Waals surface area contributed by atoms with Gasteiger partial charge in [0.2, 0.25) is 5.91 Å². The van der Waals surface area contributed by atoms with E-state index in [1.807, 2.05) is 0 Å². The van der Waals surface area contributed by atoms with E-state index in [4.69, 9.17) is 0 Å². The summed E-state index contributed by atoms with van der Waals surface area (Å²) in [4.78, 5) is 35.9. The highest BCUT2D eigenvalue weighted by Crippen LogP contribution is 2.24. The zero-order valence-corrected chi connectivity index (χ0v) is 10.6. The van der Waals surface area contributed by atoms with Crippen molar-refractivity contribution < 1.29 is 14.4 Å². The fraction of sp³-hybridized carbons (Fsp3) is 0.308. The van der Waals surface area contributed by atoms with Gasteiger partial charge in [0.15, 0.2) is 0 Å². The molecule has 6 heteroatoms. The molecule has 0 unspecified atom stereocenters. The minimum atomic E-state index is -0.729. The highest BCUT2D eigenvalue weighted by molar-refractivity contribution is 6.39. The number of amides is 3. The largest absolute Gasteiger partial charge is 0.351 e. The van der Waals surface area contributed by atoms with E-state index in [2.05, 4.69) is 10.6 Å². The first-order chi connectivity index (χ1) is 9.11. The lowest BCUT2D eigenvalue weighted by Crippen LogP contribution is -2.32. The number of anilines is 2. The first-order valence-corrected chi connectivity index (χ1v) is 6.05. The Morgan fingerprint density at radius 1 is 1.26 bits per heavy atom. The number of likely N-dealkylation sites (N-methyl/N-ethyl adjacent to an activating group) is 1. The van der Waals surface area contributed by atoms with E-state index in [9.17, 15) is 14.4 Å². The number of hydrogen-bond acceptors (Lipinski definition) is 3. The second kappa shape index (κ2) is 5.51. The molecule has 19 heavy (non-hydrogen) atoms. The molecule has 0 saturated carbocycles. The van der Waals surface area contributed by atoms with Gasteiger partial charge in [0.1, 0.15) is 0 Å². The van der Waals surface area contributed by atoms with Gasteiger partial charge in [-0.25, -0.2) is 0 Å². The fourth-order valence-electron chi connectivity index (χ4n) is 1.97. The second-order valence-corrected chi connectivity index (χ2v) is 4.23. The molecule has 0 radical (unpaired) electrons. The van der Waals surface area contributed by atoms with Crippen LogP contribution in [0.2, 0.25) is 0 Å². The van der Waals surface area contributed by atoms with Crippen molar-refractivity contribution in [2.45, 2.75) is 12.8 Å². The zero-order valence-electron chi connectivity index (χ0n) is 10.6. The number of carbonyl (C=O) groups is 3. The summed E-state index contributed by atoms with van der Waals surface area (Å²) >= 11 is 0. The van der Waals surface area contributed by atoms with Crippen molar-refractivity contribution in [1.82, 2.24) is 5.32 Å². The minimum Gasteiger partial charge on any atom is -0.351 e. The van der Waals surface area contributed by atoms with Crippen LogP contribution >= 0.6 is 0 Å². The molecule has 1 aliphatic rings. The summed E-state index contributed by atoms with van der Waals surface area (Å²) in [5.41, 5.74) is 1.23. The SMILES string of the molecule is CNC(=O)C(=O)Nc1cccc(N2CCCC2=O)c1. The van der Waals surface area contributed by atoms with Crippen LogP contribution < -0.4 is 15.5 Å². The van der Waals surface area contributed by atoms with E-state index in [1.54, 1.807) is 29.2 Å². The Balaban J connectivity index is 2.13. The molecule has 1 aromatic carbocycles. The average molecular weight is 261 g/mol. The summed E-state index contributed by atoms with van der Waals surface area (Å²) < 4.78 is 0. The van der Waals surface area contributed by atoms with Crippen LogP contribution in [0.5, 0.6) is 0 Å². The summed E-state index contributed by atoms with van der Waals surface area (Å²) in [6.45, 7) is 0.686. The van der Waals surface area contributed by atoms with Crippen molar-refractivity contribution in [2.24, 2.45) is 0 Å². The maximum absolute atomic E-state index is 11.6. The lowest BCUT2D eigenvalue weighted by molar-refractivity contribution is -0.135. The highest BCUT2D eigenvalue weighted by atomic mass is 16.2. The van der Waals surface area contributed by atoms with Crippen molar-refractivity contribution in [3.63, 3.8) is 0 Å². The molecule has 2 rings (SSSR count). The molecular weight excluding hydrogens is 246 g/mol. The predicted molar refractivity (Wildman–Crippen MR) is 70.7 cm³/mol. The lowest BCUT2D eigenvalue weighted by atomic mass is 10.2. The van der Waals surface area contributed by atoms with E-state index in [-0.39, 0.29) is 5.91 Å². The zero-order chi connectivity index (χ0) is 13.8. The third kappa shape index (κ3) is 2.90. The summed E-state index contributed by atoms with van der Waals surface area (Å²) in [6, 6.07) is 6.90. The molecule has 1 heterocycles. The van der Waals surface area contributed by atoms with Gasteiger partial charge in [0, 0.05) is 31.4 Å². The van der Waals surface area contributed by atoms with E-state index in [1.165, 1.54) is 7.05 Å². The van der Waals surface area contributed by atoms with Crippen molar-refractivity contribution in [3.05, 3.63) is 24.3 Å². The topological polar surface area (TPSA) is 78.5 Å². The van der Waals surface area contributed by atoms with Crippen LogP contribution in [0.3, 0.4) is 0 Å². The van der Waals surface area contributed by atoms with Gasteiger partial charge in [-0.2, -0.15) is 0 Å². The molecule has 1 aliphatic heterocycles. The average Bonchev–Trinajstić information content (AvgIpc) is 2.84. The third-order valence-corrected chi connectivity index (χ3v) is 2.92. The van der Waals surface area contributed by atoms with Gasteiger partial charge in [0.25, 0.3) is 0 Å². The van der Waals surface area contributed by atoms with Crippen molar-refractivity contribution in [2.75, 3.05) is 23.8 Å². The standard InChI is InChI=1S/C13H15N3O3/c1-14-12(18)13(19)15-9-4-2-5-10(8-9)16-7-3-6-11(16)17/h2,4-5,8H,3,6-7H2,1H3,(H,14,18)(H,15,19). The lowest BCUT2D eigenvalue weighted by Gasteiger charge is -2.16. The molecule has 0 aliphatic carbocycles. The minimum absolute atomic E-state index is 0.0785. The fourth-order valence-corrected chi connectivity index (χ4v) is 1.97. The van der Waals surface area contributed by atoms with Crippen LogP contribution in [-0.4, -0.2) is 31.3 Å². The first kappa shape index (κ1) is 13.1. The van der Waals surface area contributed by atoms with Gasteiger partial charge in [-0.15, -0.1) is 0 Å². The van der Waals surface area contributed by atoms with Crippen LogP contribution in [0.25, 0.3) is 0 Å². The van der Waals surface area contributed by atoms with Gasteiger partial charge in [-0.05, 0) is 24.6 Å². The van der Waals surface area contributed by atoms with Crippen LogP contribution in [-0.2, 0) is 14.4 Å². The van der Waals surface area contributed by atoms with E-state index in [0.717, 1.165) is 12.1 Å². The third-order valence-electron chi connectivity index (χ3n) is 2.92. The molecule has 0 bridgehead atoms. The quantitative estimate of drug-likeness (QED) is 0.761. The van der Waals surface area contributed by atoms with Crippen LogP contribution in [0.4, 0.5) is 11.4 Å².